The highest BCUT2D eigenvalue weighted by Crippen LogP contribution is 2.31. The van der Waals surface area contributed by atoms with Crippen LogP contribution in [0.5, 0.6) is 11.5 Å². The van der Waals surface area contributed by atoms with Gasteiger partial charge in [-0.15, -0.1) is 0 Å². The second-order valence-electron chi connectivity index (χ2n) is 4.10. The van der Waals surface area contributed by atoms with Crippen LogP contribution in [-0.4, -0.2) is 32.2 Å². The fourth-order valence-electron chi connectivity index (χ4n) is 1.88. The van der Waals surface area contributed by atoms with Crippen molar-refractivity contribution >= 4 is 17.0 Å². The molecule has 0 atom stereocenters. The van der Waals surface area contributed by atoms with Crippen LogP contribution in [0.3, 0.4) is 0 Å². The van der Waals surface area contributed by atoms with E-state index in [0.29, 0.717) is 17.0 Å². The van der Waals surface area contributed by atoms with Gasteiger partial charge >= 0.3 is 0 Å². The van der Waals surface area contributed by atoms with Crippen LogP contribution in [0.25, 0.3) is 22.6 Å². The topological polar surface area (TPSA) is 94.1 Å². The van der Waals surface area contributed by atoms with E-state index < -0.39 is 0 Å². The summed E-state index contributed by atoms with van der Waals surface area (Å²) in [5, 5.41) is 22.0. The van der Waals surface area contributed by atoms with Gasteiger partial charge in [0.15, 0.2) is 5.65 Å². The molecule has 0 aliphatic rings. The lowest BCUT2D eigenvalue weighted by Gasteiger charge is -2.00. The van der Waals surface area contributed by atoms with Crippen molar-refractivity contribution in [1.29, 1.82) is 0 Å². The van der Waals surface area contributed by atoms with Gasteiger partial charge in [-0.2, -0.15) is 0 Å². The van der Waals surface area contributed by atoms with Crippen molar-refractivity contribution in [2.45, 2.75) is 0 Å². The molecular weight excluding hydrogens is 244 g/mol. The first-order valence-corrected chi connectivity index (χ1v) is 5.74. The molecule has 0 unspecified atom stereocenters. The molecule has 6 heteroatoms. The highest BCUT2D eigenvalue weighted by molar-refractivity contribution is 5.79. The highest BCUT2D eigenvalue weighted by atomic mass is 16.3. The molecule has 0 saturated heterocycles. The summed E-state index contributed by atoms with van der Waals surface area (Å²) in [4.78, 5) is 11.7. The van der Waals surface area contributed by atoms with Gasteiger partial charge in [0.25, 0.3) is 0 Å². The minimum Gasteiger partial charge on any atom is -0.508 e. The molecular formula is C13H12N4O2. The Hall–Kier alpha value is -2.76. The van der Waals surface area contributed by atoms with Crippen molar-refractivity contribution < 1.29 is 10.2 Å². The van der Waals surface area contributed by atoms with Gasteiger partial charge in [-0.3, -0.25) is 0 Å². The van der Waals surface area contributed by atoms with E-state index in [4.69, 9.17) is 0 Å². The Kier molecular flexibility index (Phi) is 2.49. The number of nitrogens with zero attached hydrogens (tertiary/aromatic N) is 2. The summed E-state index contributed by atoms with van der Waals surface area (Å²) in [6, 6.07) is 8.06. The summed E-state index contributed by atoms with van der Waals surface area (Å²) in [6.45, 7) is 0. The monoisotopic (exact) mass is 256 g/mol. The Labute approximate surface area is 108 Å². The van der Waals surface area contributed by atoms with E-state index in [2.05, 4.69) is 20.3 Å². The zero-order chi connectivity index (χ0) is 13.4. The molecule has 4 N–H and O–H groups in total. The molecule has 2 aromatic heterocycles. The summed E-state index contributed by atoms with van der Waals surface area (Å²) < 4.78 is 0. The van der Waals surface area contributed by atoms with Gasteiger partial charge in [-0.25, -0.2) is 9.97 Å². The molecule has 0 radical (unpaired) electrons. The molecule has 0 fully saturated rings. The van der Waals surface area contributed by atoms with E-state index in [1.165, 1.54) is 12.1 Å². The van der Waals surface area contributed by atoms with Crippen LogP contribution in [0.1, 0.15) is 0 Å². The number of H-pyrrole nitrogens is 1. The number of imidazole rings is 1. The predicted octanol–water partition coefficient (Wildman–Crippen LogP) is 2.08. The summed E-state index contributed by atoms with van der Waals surface area (Å²) in [5.41, 5.74) is 1.86. The lowest BCUT2D eigenvalue weighted by atomic mass is 10.2. The highest BCUT2D eigenvalue weighted by Gasteiger charge is 2.11. The van der Waals surface area contributed by atoms with Crippen LogP contribution >= 0.6 is 0 Å². The minimum absolute atomic E-state index is 0.00737. The average molecular weight is 256 g/mol. The number of phenolic OH excluding ortho intramolecular Hbond substituents is 2. The summed E-state index contributed by atoms with van der Waals surface area (Å²) in [7, 11) is 1.79. The largest absolute Gasteiger partial charge is 0.508 e. The van der Waals surface area contributed by atoms with E-state index in [1.54, 1.807) is 13.1 Å². The molecule has 6 nitrogen and oxygen atoms in total. The SMILES string of the molecule is CNc1ccc2[nH]c(-c3ccc(O)cc3O)nc2n1. The fourth-order valence-corrected chi connectivity index (χ4v) is 1.88. The molecule has 0 aliphatic carbocycles. The van der Waals surface area contributed by atoms with Gasteiger partial charge in [0, 0.05) is 13.1 Å². The molecule has 0 amide bonds. The number of fused-ring (bicyclic) bond motifs is 1. The van der Waals surface area contributed by atoms with Crippen molar-refractivity contribution in [2.24, 2.45) is 0 Å². The first-order chi connectivity index (χ1) is 9.17. The van der Waals surface area contributed by atoms with Gasteiger partial charge in [-0.05, 0) is 24.3 Å². The molecule has 0 saturated carbocycles. The number of anilines is 1. The van der Waals surface area contributed by atoms with Crippen molar-refractivity contribution in [2.75, 3.05) is 12.4 Å². The predicted molar refractivity (Wildman–Crippen MR) is 72.2 cm³/mol. The van der Waals surface area contributed by atoms with Crippen molar-refractivity contribution in [1.82, 2.24) is 15.0 Å². The Morgan fingerprint density at radius 1 is 1.11 bits per heavy atom. The molecule has 1 aromatic carbocycles. The van der Waals surface area contributed by atoms with Crippen LogP contribution in [0.2, 0.25) is 0 Å². The second-order valence-corrected chi connectivity index (χ2v) is 4.10. The van der Waals surface area contributed by atoms with Gasteiger partial charge < -0.3 is 20.5 Å². The standard InChI is InChI=1S/C13H12N4O2/c1-14-11-5-4-9-13(16-11)17-12(15-9)8-3-2-7(18)6-10(8)19/h2-6,18-19H,1H3,(H2,14,15,16,17). The zero-order valence-electron chi connectivity index (χ0n) is 10.2. The first-order valence-electron chi connectivity index (χ1n) is 5.74. The number of nitrogens with one attached hydrogen (secondary N) is 2. The fraction of sp³-hybridized carbons (Fsp3) is 0.0769. The summed E-state index contributed by atoms with van der Waals surface area (Å²) in [5.74, 6) is 1.20. The van der Waals surface area contributed by atoms with Gasteiger partial charge in [0.1, 0.15) is 23.1 Å². The summed E-state index contributed by atoms with van der Waals surface area (Å²) >= 11 is 0. The molecule has 0 aliphatic heterocycles. The third-order valence-electron chi connectivity index (χ3n) is 2.84. The number of aromatic amines is 1. The number of hydrogen-bond acceptors (Lipinski definition) is 5. The number of hydrogen-bond donors (Lipinski definition) is 4. The average Bonchev–Trinajstić information content (AvgIpc) is 2.80. The summed E-state index contributed by atoms with van der Waals surface area (Å²) in [6.07, 6.45) is 0. The van der Waals surface area contributed by atoms with Crippen LogP contribution in [0.4, 0.5) is 5.82 Å². The maximum atomic E-state index is 9.82. The third-order valence-corrected chi connectivity index (χ3v) is 2.84. The molecule has 3 rings (SSSR count). The number of aromatic nitrogens is 3. The van der Waals surface area contributed by atoms with Gasteiger partial charge in [-0.1, -0.05) is 0 Å². The smallest absolute Gasteiger partial charge is 0.180 e. The van der Waals surface area contributed by atoms with E-state index in [9.17, 15) is 10.2 Å². The number of pyridine rings is 1. The Balaban J connectivity index is 2.14. The quantitative estimate of drug-likeness (QED) is 0.563. The number of benzene rings is 1. The Morgan fingerprint density at radius 2 is 1.95 bits per heavy atom. The van der Waals surface area contributed by atoms with E-state index >= 15 is 0 Å². The number of rotatable bonds is 2. The van der Waals surface area contributed by atoms with Crippen LogP contribution in [0, 0.1) is 0 Å². The minimum atomic E-state index is -0.0344. The van der Waals surface area contributed by atoms with E-state index in [0.717, 1.165) is 11.3 Å². The molecule has 2 heterocycles. The lowest BCUT2D eigenvalue weighted by molar-refractivity contribution is 0.451. The van der Waals surface area contributed by atoms with Crippen LogP contribution < -0.4 is 5.32 Å². The zero-order valence-corrected chi connectivity index (χ0v) is 10.2. The number of aromatic hydroxyl groups is 2. The van der Waals surface area contributed by atoms with E-state index in [1.807, 2.05) is 12.1 Å². The van der Waals surface area contributed by atoms with Crippen LogP contribution in [0.15, 0.2) is 30.3 Å². The third kappa shape index (κ3) is 1.93. The van der Waals surface area contributed by atoms with Crippen molar-refractivity contribution in [3.63, 3.8) is 0 Å². The molecule has 3 aromatic rings. The normalized spacial score (nSPS) is 10.8. The molecule has 0 bridgehead atoms. The van der Waals surface area contributed by atoms with Gasteiger partial charge in [0.05, 0.1) is 11.1 Å². The van der Waals surface area contributed by atoms with Crippen molar-refractivity contribution in [3.05, 3.63) is 30.3 Å². The Morgan fingerprint density at radius 3 is 2.68 bits per heavy atom. The van der Waals surface area contributed by atoms with Crippen molar-refractivity contribution in [3.8, 4) is 22.9 Å². The van der Waals surface area contributed by atoms with E-state index in [-0.39, 0.29) is 11.5 Å². The molecule has 19 heavy (non-hydrogen) atoms. The van der Waals surface area contributed by atoms with Gasteiger partial charge in [0.2, 0.25) is 0 Å². The maximum Gasteiger partial charge on any atom is 0.180 e. The first kappa shape index (κ1) is 11.3. The molecule has 0 spiro atoms. The Bertz CT molecular complexity index is 751. The molecule has 96 valence electrons. The number of phenols is 2. The second kappa shape index (κ2) is 4.16. The van der Waals surface area contributed by atoms with Crippen LogP contribution in [-0.2, 0) is 0 Å². The maximum absolute atomic E-state index is 9.82. The lowest BCUT2D eigenvalue weighted by Crippen LogP contribution is -1.91.